The lowest BCUT2D eigenvalue weighted by Gasteiger charge is -2.07. The number of aromatic nitrogens is 1. The Balaban J connectivity index is 2.37. The van der Waals surface area contributed by atoms with Crippen LogP contribution >= 0.6 is 0 Å². The van der Waals surface area contributed by atoms with Gasteiger partial charge in [0.2, 0.25) is 15.9 Å². The first-order valence-corrected chi connectivity index (χ1v) is 11.6. The molecule has 9 heteroatoms. The third-order valence-corrected chi connectivity index (χ3v) is 4.92. The maximum absolute atomic E-state index is 13.0. The van der Waals surface area contributed by atoms with E-state index >= 15 is 0 Å². The first kappa shape index (κ1) is 23.8. The molecule has 0 radical (unpaired) electrons. The molecule has 0 saturated carbocycles. The summed E-state index contributed by atoms with van der Waals surface area (Å²) in [5.74, 6) is -0.433. The summed E-state index contributed by atoms with van der Waals surface area (Å²) in [7, 11) is -3.74. The second-order valence-electron chi connectivity index (χ2n) is 7.00. The number of anilines is 1. The van der Waals surface area contributed by atoms with Crippen molar-refractivity contribution in [1.82, 2.24) is 5.16 Å². The van der Waals surface area contributed by atoms with E-state index in [1.54, 1.807) is 0 Å². The number of hydrogen-bond acceptors (Lipinski definition) is 4. The van der Waals surface area contributed by atoms with Crippen LogP contribution < -0.4 is 4.72 Å². The smallest absolute Gasteiger partial charge is 0.337 e. The predicted molar refractivity (Wildman–Crippen MR) is 100 cm³/mol. The van der Waals surface area contributed by atoms with Crippen LogP contribution in [0.15, 0.2) is 4.52 Å². The maximum Gasteiger partial charge on any atom is 0.437 e. The van der Waals surface area contributed by atoms with Crippen LogP contribution in [0.3, 0.4) is 0 Å². The highest BCUT2D eigenvalue weighted by atomic mass is 32.2. The molecule has 1 rings (SSSR count). The second-order valence-corrected chi connectivity index (χ2v) is 8.74. The summed E-state index contributed by atoms with van der Waals surface area (Å²) in [5, 5.41) is 3.01. The Kier molecular flexibility index (Phi) is 10.2. The van der Waals surface area contributed by atoms with E-state index in [9.17, 15) is 21.6 Å². The molecule has 0 aliphatic rings. The van der Waals surface area contributed by atoms with E-state index in [1.807, 2.05) is 4.72 Å². The van der Waals surface area contributed by atoms with Gasteiger partial charge in [-0.1, -0.05) is 76.3 Å². The van der Waals surface area contributed by atoms with Crippen molar-refractivity contribution < 1.29 is 26.1 Å². The van der Waals surface area contributed by atoms with Gasteiger partial charge in [0.1, 0.15) is 0 Å². The monoisotopic (exact) mass is 412 g/mol. The molecular weight excluding hydrogens is 381 g/mol. The normalized spacial score (nSPS) is 12.5. The van der Waals surface area contributed by atoms with Crippen LogP contribution in [-0.4, -0.2) is 19.8 Å². The molecule has 27 heavy (non-hydrogen) atoms. The van der Waals surface area contributed by atoms with Crippen molar-refractivity contribution in [2.75, 3.05) is 11.0 Å². The number of alkyl halides is 3. The average Bonchev–Trinajstić information content (AvgIpc) is 2.93. The molecule has 0 amide bonds. The van der Waals surface area contributed by atoms with Gasteiger partial charge < -0.3 is 4.52 Å². The lowest BCUT2D eigenvalue weighted by molar-refractivity contribution is -0.143. The highest BCUT2D eigenvalue weighted by molar-refractivity contribution is 7.92. The van der Waals surface area contributed by atoms with E-state index < -0.39 is 27.8 Å². The third-order valence-electron chi connectivity index (χ3n) is 4.37. The molecule has 1 aromatic rings. The van der Waals surface area contributed by atoms with Gasteiger partial charge in [-0.15, -0.1) is 0 Å². The van der Waals surface area contributed by atoms with Crippen molar-refractivity contribution in [1.29, 1.82) is 0 Å². The second kappa shape index (κ2) is 11.6. The first-order chi connectivity index (χ1) is 12.6. The minimum atomic E-state index is -4.67. The van der Waals surface area contributed by atoms with Crippen molar-refractivity contribution in [3.05, 3.63) is 11.3 Å². The molecule has 0 fully saturated rings. The average molecular weight is 413 g/mol. The highest BCUT2D eigenvalue weighted by Gasteiger charge is 2.39. The van der Waals surface area contributed by atoms with Gasteiger partial charge in [0, 0.05) is 0 Å². The Bertz CT molecular complexity index is 643. The standard InChI is InChI=1S/C18H31F3N2O3S/c1-3-4-5-6-7-8-9-10-11-12-13-14-15-16(18(19,20)21)22-26-17(15)23-27(2,24)25/h23H,3-14H2,1-2H3. The van der Waals surface area contributed by atoms with Crippen LogP contribution in [0.4, 0.5) is 19.1 Å². The molecule has 0 unspecified atom stereocenters. The summed E-state index contributed by atoms with van der Waals surface area (Å²) >= 11 is 0. The summed E-state index contributed by atoms with van der Waals surface area (Å²) in [5.41, 5.74) is -1.37. The SMILES string of the molecule is CCCCCCCCCCCCCc1c(C(F)(F)F)noc1NS(C)(=O)=O. The largest absolute Gasteiger partial charge is 0.437 e. The molecule has 0 spiro atoms. The van der Waals surface area contributed by atoms with Gasteiger partial charge in [0.05, 0.1) is 11.8 Å². The molecule has 0 aliphatic carbocycles. The van der Waals surface area contributed by atoms with Crippen LogP contribution in [0, 0.1) is 0 Å². The molecule has 0 aliphatic heterocycles. The minimum absolute atomic E-state index is 0.0766. The fraction of sp³-hybridized carbons (Fsp3) is 0.833. The summed E-state index contributed by atoms with van der Waals surface area (Å²) < 4.78 is 68.2. The predicted octanol–water partition coefficient (Wildman–Crippen LogP) is 5.92. The van der Waals surface area contributed by atoms with Crippen molar-refractivity contribution in [2.45, 2.75) is 90.1 Å². The molecule has 0 aromatic carbocycles. The Labute approximate surface area is 160 Å². The summed E-state index contributed by atoms with van der Waals surface area (Å²) in [4.78, 5) is 0. The zero-order valence-corrected chi connectivity index (χ0v) is 17.0. The van der Waals surface area contributed by atoms with Crippen molar-refractivity contribution in [2.24, 2.45) is 0 Å². The molecule has 0 atom stereocenters. The fourth-order valence-electron chi connectivity index (χ4n) is 2.98. The number of rotatable bonds is 14. The van der Waals surface area contributed by atoms with Gasteiger partial charge in [-0.05, 0) is 12.8 Å². The number of hydrogen-bond donors (Lipinski definition) is 1. The Morgan fingerprint density at radius 3 is 1.85 bits per heavy atom. The van der Waals surface area contributed by atoms with Crippen LogP contribution in [0.25, 0.3) is 0 Å². The molecular formula is C18H31F3N2O3S. The van der Waals surface area contributed by atoms with Gasteiger partial charge in [-0.25, -0.2) is 8.42 Å². The zero-order valence-electron chi connectivity index (χ0n) is 16.2. The lowest BCUT2D eigenvalue weighted by Crippen LogP contribution is -2.13. The van der Waals surface area contributed by atoms with Crippen LogP contribution in [-0.2, 0) is 22.6 Å². The molecule has 1 heterocycles. The quantitative estimate of drug-likeness (QED) is 0.385. The van der Waals surface area contributed by atoms with Crippen molar-refractivity contribution in [3.63, 3.8) is 0 Å². The maximum atomic E-state index is 13.0. The topological polar surface area (TPSA) is 72.2 Å². The number of unbranched alkanes of at least 4 members (excludes halogenated alkanes) is 10. The minimum Gasteiger partial charge on any atom is -0.337 e. The van der Waals surface area contributed by atoms with E-state index in [1.165, 1.54) is 38.5 Å². The van der Waals surface area contributed by atoms with E-state index in [4.69, 9.17) is 0 Å². The van der Waals surface area contributed by atoms with Gasteiger partial charge >= 0.3 is 6.18 Å². The van der Waals surface area contributed by atoms with Crippen molar-refractivity contribution >= 4 is 15.9 Å². The first-order valence-electron chi connectivity index (χ1n) is 9.68. The van der Waals surface area contributed by atoms with E-state index in [0.29, 0.717) is 6.42 Å². The van der Waals surface area contributed by atoms with Crippen LogP contribution in [0.2, 0.25) is 0 Å². The van der Waals surface area contributed by atoms with Crippen molar-refractivity contribution in [3.8, 4) is 0 Å². The van der Waals surface area contributed by atoms with Gasteiger partial charge in [-0.3, -0.25) is 4.72 Å². The summed E-state index contributed by atoms with van der Waals surface area (Å²) in [6, 6.07) is 0. The van der Waals surface area contributed by atoms with E-state index in [0.717, 1.165) is 31.9 Å². The molecule has 0 bridgehead atoms. The van der Waals surface area contributed by atoms with Gasteiger partial charge in [-0.2, -0.15) is 13.2 Å². The molecule has 1 N–H and O–H groups in total. The summed E-state index contributed by atoms with van der Waals surface area (Å²) in [6.07, 6.45) is 8.29. The van der Waals surface area contributed by atoms with Gasteiger partial charge in [0.25, 0.3) is 0 Å². The third kappa shape index (κ3) is 10.0. The summed E-state index contributed by atoms with van der Waals surface area (Å²) in [6.45, 7) is 2.19. The number of nitrogens with zero attached hydrogens (tertiary/aromatic N) is 1. The number of nitrogens with one attached hydrogen (secondary N) is 1. The molecule has 0 saturated heterocycles. The van der Waals surface area contributed by atoms with Crippen LogP contribution in [0.5, 0.6) is 0 Å². The van der Waals surface area contributed by atoms with Gasteiger partial charge in [0.15, 0.2) is 5.69 Å². The Morgan fingerprint density at radius 1 is 0.926 bits per heavy atom. The van der Waals surface area contributed by atoms with E-state index in [2.05, 4.69) is 16.6 Å². The Hall–Kier alpha value is -1.25. The number of sulfonamides is 1. The molecule has 158 valence electrons. The number of halogens is 3. The lowest BCUT2D eigenvalue weighted by atomic mass is 10.0. The fourth-order valence-corrected chi connectivity index (χ4v) is 3.48. The van der Waals surface area contributed by atoms with E-state index in [-0.39, 0.29) is 12.0 Å². The Morgan fingerprint density at radius 2 is 1.41 bits per heavy atom. The zero-order chi connectivity index (χ0) is 20.3. The van der Waals surface area contributed by atoms with Crippen LogP contribution in [0.1, 0.15) is 88.8 Å². The molecule has 5 nitrogen and oxygen atoms in total. The highest BCUT2D eigenvalue weighted by Crippen LogP contribution is 2.35. The molecule has 1 aromatic heterocycles.